The normalized spacial score (nSPS) is 10.8. The van der Waals surface area contributed by atoms with Gasteiger partial charge >= 0.3 is 0 Å². The number of nitro groups is 1. The standard InChI is InChI=1S/C19H18N2O4/c1-12-6-7-17-15(11-25-19(17)13(12)2)9-18(22)20-10-14-4-3-5-16(8-14)21(23)24/h3-8,11H,9-10H2,1-2H3,(H,20,22). The molecule has 0 atom stereocenters. The fourth-order valence-corrected chi connectivity index (χ4v) is 2.74. The zero-order chi connectivity index (χ0) is 18.0. The van der Waals surface area contributed by atoms with Gasteiger partial charge in [-0.05, 0) is 30.5 Å². The van der Waals surface area contributed by atoms with E-state index >= 15 is 0 Å². The SMILES string of the molecule is Cc1ccc2c(CC(=O)NCc3cccc([N+](=O)[O-])c3)coc2c1C. The highest BCUT2D eigenvalue weighted by atomic mass is 16.6. The van der Waals surface area contributed by atoms with E-state index in [1.165, 1.54) is 12.1 Å². The lowest BCUT2D eigenvalue weighted by Crippen LogP contribution is -2.24. The van der Waals surface area contributed by atoms with Crippen LogP contribution in [-0.4, -0.2) is 10.8 Å². The van der Waals surface area contributed by atoms with Crippen molar-refractivity contribution in [3.05, 3.63) is 75.0 Å². The number of rotatable bonds is 5. The van der Waals surface area contributed by atoms with Crippen molar-refractivity contribution in [2.75, 3.05) is 0 Å². The highest BCUT2D eigenvalue weighted by Crippen LogP contribution is 2.26. The number of carbonyl (C=O) groups excluding carboxylic acids is 1. The maximum atomic E-state index is 12.2. The summed E-state index contributed by atoms with van der Waals surface area (Å²) in [6, 6.07) is 10.2. The molecule has 0 spiro atoms. The van der Waals surface area contributed by atoms with Crippen LogP contribution in [-0.2, 0) is 17.8 Å². The number of aryl methyl sites for hydroxylation is 2. The molecule has 0 aliphatic heterocycles. The van der Waals surface area contributed by atoms with Crippen molar-refractivity contribution >= 4 is 22.6 Å². The van der Waals surface area contributed by atoms with E-state index in [2.05, 4.69) is 5.32 Å². The van der Waals surface area contributed by atoms with E-state index in [1.807, 2.05) is 26.0 Å². The second-order valence-corrected chi connectivity index (χ2v) is 6.03. The van der Waals surface area contributed by atoms with Crippen molar-refractivity contribution in [3.8, 4) is 0 Å². The Balaban J connectivity index is 1.68. The molecule has 0 radical (unpaired) electrons. The molecule has 1 N–H and O–H groups in total. The Bertz CT molecular complexity index is 959. The van der Waals surface area contributed by atoms with E-state index in [0.29, 0.717) is 5.56 Å². The van der Waals surface area contributed by atoms with Crippen LogP contribution in [0.3, 0.4) is 0 Å². The summed E-state index contributed by atoms with van der Waals surface area (Å²) in [5, 5.41) is 14.5. The van der Waals surface area contributed by atoms with Gasteiger partial charge in [-0.15, -0.1) is 0 Å². The van der Waals surface area contributed by atoms with Crippen LogP contribution >= 0.6 is 0 Å². The Hall–Kier alpha value is -3.15. The maximum Gasteiger partial charge on any atom is 0.269 e. The summed E-state index contributed by atoms with van der Waals surface area (Å²) in [7, 11) is 0. The summed E-state index contributed by atoms with van der Waals surface area (Å²) >= 11 is 0. The first-order valence-corrected chi connectivity index (χ1v) is 7.92. The maximum absolute atomic E-state index is 12.2. The molecule has 0 aliphatic rings. The number of nitrogens with one attached hydrogen (secondary N) is 1. The number of furan rings is 1. The summed E-state index contributed by atoms with van der Waals surface area (Å²) < 4.78 is 5.61. The van der Waals surface area contributed by atoms with Crippen LogP contribution in [0.4, 0.5) is 5.69 Å². The molecule has 0 unspecified atom stereocenters. The van der Waals surface area contributed by atoms with Crippen LogP contribution in [0, 0.1) is 24.0 Å². The monoisotopic (exact) mass is 338 g/mol. The van der Waals surface area contributed by atoms with E-state index in [4.69, 9.17) is 4.42 Å². The van der Waals surface area contributed by atoms with Gasteiger partial charge in [0.25, 0.3) is 5.69 Å². The third-order valence-corrected chi connectivity index (χ3v) is 4.30. The molecule has 0 saturated heterocycles. The van der Waals surface area contributed by atoms with Gasteiger partial charge in [0.15, 0.2) is 0 Å². The lowest BCUT2D eigenvalue weighted by molar-refractivity contribution is -0.384. The molecule has 2 aromatic carbocycles. The number of hydrogen-bond donors (Lipinski definition) is 1. The van der Waals surface area contributed by atoms with Crippen LogP contribution in [0.1, 0.15) is 22.3 Å². The number of benzene rings is 2. The molecule has 0 saturated carbocycles. The zero-order valence-electron chi connectivity index (χ0n) is 14.0. The predicted molar refractivity (Wildman–Crippen MR) is 94.3 cm³/mol. The molecule has 0 bridgehead atoms. The van der Waals surface area contributed by atoms with Gasteiger partial charge in [0.05, 0.1) is 17.6 Å². The van der Waals surface area contributed by atoms with Crippen molar-refractivity contribution < 1.29 is 14.1 Å². The van der Waals surface area contributed by atoms with Crippen LogP contribution in [0.2, 0.25) is 0 Å². The van der Waals surface area contributed by atoms with E-state index in [1.54, 1.807) is 18.4 Å². The molecule has 6 nitrogen and oxygen atoms in total. The minimum Gasteiger partial charge on any atom is -0.464 e. The highest BCUT2D eigenvalue weighted by molar-refractivity contribution is 5.89. The number of fused-ring (bicyclic) bond motifs is 1. The summed E-state index contributed by atoms with van der Waals surface area (Å²) in [5.41, 5.74) is 4.55. The molecule has 1 amide bonds. The van der Waals surface area contributed by atoms with E-state index < -0.39 is 4.92 Å². The average Bonchev–Trinajstić information content (AvgIpc) is 3.00. The number of amides is 1. The van der Waals surface area contributed by atoms with Gasteiger partial charge in [-0.25, -0.2) is 0 Å². The second kappa shape index (κ2) is 6.76. The largest absolute Gasteiger partial charge is 0.464 e. The number of carbonyl (C=O) groups is 1. The molecule has 3 rings (SSSR count). The zero-order valence-corrected chi connectivity index (χ0v) is 14.0. The fourth-order valence-electron chi connectivity index (χ4n) is 2.74. The van der Waals surface area contributed by atoms with Crippen molar-refractivity contribution in [1.29, 1.82) is 0 Å². The number of nitro benzene ring substituents is 1. The van der Waals surface area contributed by atoms with Gasteiger partial charge in [-0.1, -0.05) is 24.3 Å². The second-order valence-electron chi connectivity index (χ2n) is 6.03. The predicted octanol–water partition coefficient (Wildman–Crippen LogP) is 3.82. The van der Waals surface area contributed by atoms with Gasteiger partial charge < -0.3 is 9.73 Å². The number of non-ortho nitro benzene ring substituents is 1. The summed E-state index contributed by atoms with van der Waals surface area (Å²) in [4.78, 5) is 22.5. The highest BCUT2D eigenvalue weighted by Gasteiger charge is 2.13. The molecule has 1 heterocycles. The summed E-state index contributed by atoms with van der Waals surface area (Å²) in [6.07, 6.45) is 1.81. The Morgan fingerprint density at radius 2 is 2.04 bits per heavy atom. The first kappa shape index (κ1) is 16.7. The Labute approximate surface area is 144 Å². The first-order chi connectivity index (χ1) is 12.0. The lowest BCUT2D eigenvalue weighted by atomic mass is 10.0. The van der Waals surface area contributed by atoms with Crippen LogP contribution < -0.4 is 5.32 Å². The van der Waals surface area contributed by atoms with E-state index in [-0.39, 0.29) is 24.6 Å². The molecular weight excluding hydrogens is 320 g/mol. The molecule has 0 aliphatic carbocycles. The topological polar surface area (TPSA) is 85.4 Å². The minimum absolute atomic E-state index is 0.0124. The van der Waals surface area contributed by atoms with Gasteiger partial charge in [-0.2, -0.15) is 0 Å². The molecule has 3 aromatic rings. The van der Waals surface area contributed by atoms with Gasteiger partial charge in [-0.3, -0.25) is 14.9 Å². The molecular formula is C19H18N2O4. The molecule has 6 heteroatoms. The fraction of sp³-hybridized carbons (Fsp3) is 0.211. The van der Waals surface area contributed by atoms with Crippen LogP contribution in [0.15, 0.2) is 47.1 Å². The summed E-state index contributed by atoms with van der Waals surface area (Å²) in [6.45, 7) is 4.25. The van der Waals surface area contributed by atoms with Gasteiger partial charge in [0, 0.05) is 29.6 Å². The lowest BCUT2D eigenvalue weighted by Gasteiger charge is -2.05. The van der Waals surface area contributed by atoms with Crippen molar-refractivity contribution in [2.24, 2.45) is 0 Å². The van der Waals surface area contributed by atoms with Crippen molar-refractivity contribution in [3.63, 3.8) is 0 Å². The first-order valence-electron chi connectivity index (χ1n) is 7.92. The average molecular weight is 338 g/mol. The van der Waals surface area contributed by atoms with Crippen LogP contribution in [0.25, 0.3) is 11.0 Å². The third-order valence-electron chi connectivity index (χ3n) is 4.30. The molecule has 0 fully saturated rings. The minimum atomic E-state index is -0.451. The molecule has 1 aromatic heterocycles. The third kappa shape index (κ3) is 3.52. The number of nitrogens with zero attached hydrogens (tertiary/aromatic N) is 1. The quantitative estimate of drug-likeness (QED) is 0.566. The Morgan fingerprint density at radius 1 is 1.24 bits per heavy atom. The summed E-state index contributed by atoms with van der Waals surface area (Å²) in [5.74, 6) is -0.160. The van der Waals surface area contributed by atoms with Crippen molar-refractivity contribution in [1.82, 2.24) is 5.32 Å². The Kier molecular flexibility index (Phi) is 4.52. The smallest absolute Gasteiger partial charge is 0.269 e. The van der Waals surface area contributed by atoms with E-state index in [0.717, 1.165) is 27.7 Å². The van der Waals surface area contributed by atoms with E-state index in [9.17, 15) is 14.9 Å². The van der Waals surface area contributed by atoms with Gasteiger partial charge in [0.1, 0.15) is 5.58 Å². The molecule has 128 valence electrons. The Morgan fingerprint density at radius 3 is 2.80 bits per heavy atom. The van der Waals surface area contributed by atoms with Crippen molar-refractivity contribution in [2.45, 2.75) is 26.8 Å². The molecule has 25 heavy (non-hydrogen) atoms. The number of hydrogen-bond acceptors (Lipinski definition) is 4. The van der Waals surface area contributed by atoms with Gasteiger partial charge in [0.2, 0.25) is 5.91 Å². The van der Waals surface area contributed by atoms with Crippen LogP contribution in [0.5, 0.6) is 0 Å².